The number of amides is 1. The molecule has 0 saturated heterocycles. The van der Waals surface area contributed by atoms with Crippen LogP contribution in [0.2, 0.25) is 0 Å². The number of carboxylic acids is 1. The van der Waals surface area contributed by atoms with Gasteiger partial charge in [-0.15, -0.1) is 11.3 Å². The Labute approximate surface area is 148 Å². The van der Waals surface area contributed by atoms with Crippen molar-refractivity contribution in [2.24, 2.45) is 11.8 Å². The second-order valence-electron chi connectivity index (χ2n) is 5.76. The van der Waals surface area contributed by atoms with Crippen LogP contribution < -0.4 is 5.32 Å². The normalized spacial score (nSPS) is 19.3. The van der Waals surface area contributed by atoms with Crippen LogP contribution >= 0.6 is 11.3 Å². The second-order valence-corrected chi connectivity index (χ2v) is 6.81. The molecule has 0 atom stereocenters. The van der Waals surface area contributed by atoms with Gasteiger partial charge in [-0.05, 0) is 37.7 Å². The van der Waals surface area contributed by atoms with E-state index in [1.807, 2.05) is 20.8 Å². The van der Waals surface area contributed by atoms with Gasteiger partial charge in [-0.25, -0.2) is 4.79 Å². The monoisotopic (exact) mass is 349 g/mol. The summed E-state index contributed by atoms with van der Waals surface area (Å²) in [4.78, 5) is 24.5. The molecule has 1 saturated carbocycles. The Kier molecular flexibility index (Phi) is 8.56. The molecule has 5 heteroatoms. The van der Waals surface area contributed by atoms with Crippen LogP contribution in [0.3, 0.4) is 0 Å². The third kappa shape index (κ3) is 5.68. The third-order valence-corrected chi connectivity index (χ3v) is 5.00. The van der Waals surface area contributed by atoms with Crippen molar-refractivity contribution in [2.45, 2.75) is 59.8 Å². The fourth-order valence-corrected chi connectivity index (χ4v) is 3.46. The molecule has 1 heterocycles. The number of anilines is 1. The number of aromatic carboxylic acids is 1. The number of thiophene rings is 1. The summed E-state index contributed by atoms with van der Waals surface area (Å²) in [6, 6.07) is 1.67. The number of carbonyl (C=O) groups excluding carboxylic acids is 1. The first-order chi connectivity index (χ1) is 11.5. The molecule has 1 amide bonds. The molecule has 0 spiro atoms. The van der Waals surface area contributed by atoms with Gasteiger partial charge in [-0.1, -0.05) is 39.5 Å². The van der Waals surface area contributed by atoms with Crippen molar-refractivity contribution in [1.29, 1.82) is 0 Å². The van der Waals surface area contributed by atoms with Crippen LogP contribution in [0.1, 0.15) is 74.3 Å². The van der Waals surface area contributed by atoms with E-state index in [2.05, 4.69) is 24.1 Å². The molecule has 0 unspecified atom stereocenters. The summed E-state index contributed by atoms with van der Waals surface area (Å²) >= 11 is 1.11. The molecule has 1 aromatic rings. The zero-order valence-corrected chi connectivity index (χ0v) is 15.8. The topological polar surface area (TPSA) is 66.4 Å². The first-order valence-corrected chi connectivity index (χ1v) is 9.49. The molecule has 24 heavy (non-hydrogen) atoms. The van der Waals surface area contributed by atoms with Crippen LogP contribution in [-0.4, -0.2) is 17.0 Å². The van der Waals surface area contributed by atoms with Gasteiger partial charge in [0.1, 0.15) is 4.88 Å². The lowest BCUT2D eigenvalue weighted by atomic mass is 9.82. The van der Waals surface area contributed by atoms with E-state index in [0.717, 1.165) is 37.0 Å². The summed E-state index contributed by atoms with van der Waals surface area (Å²) in [6.07, 6.45) is 4.58. The number of carbonyl (C=O) groups is 2. The lowest BCUT2D eigenvalue weighted by Crippen LogP contribution is -2.27. The lowest BCUT2D eigenvalue weighted by Gasteiger charge is -2.25. The lowest BCUT2D eigenvalue weighted by molar-refractivity contribution is -0.121. The largest absolute Gasteiger partial charge is 0.477 e. The highest BCUT2D eigenvalue weighted by molar-refractivity contribution is 7.15. The molecule has 132 valence electrons. The van der Waals surface area contributed by atoms with Crippen molar-refractivity contribution in [3.05, 3.63) is 15.8 Å². The van der Waals surface area contributed by atoms with Crippen LogP contribution in [0.5, 0.6) is 0 Å². The molecule has 1 aliphatic rings. The van der Waals surface area contributed by atoms with Crippen molar-refractivity contribution < 1.29 is 14.7 Å². The van der Waals surface area contributed by atoms with E-state index in [1.54, 1.807) is 6.07 Å². The third-order valence-electron chi connectivity index (χ3n) is 3.96. The van der Waals surface area contributed by atoms with Crippen molar-refractivity contribution in [2.75, 3.05) is 5.32 Å². The first-order valence-electron chi connectivity index (χ1n) is 8.68. The summed E-state index contributed by atoms with van der Waals surface area (Å²) in [5, 5.41) is 12.1. The van der Waals surface area contributed by atoms with Gasteiger partial charge in [-0.3, -0.25) is 4.79 Å². The van der Waals surface area contributed by atoms with E-state index in [4.69, 9.17) is 0 Å². The molecular weight excluding hydrogens is 322 g/mol. The van der Waals surface area contributed by atoms with Crippen LogP contribution in [-0.2, 0) is 4.79 Å². The smallest absolute Gasteiger partial charge is 0.348 e. The Balaban J connectivity index is 0.00000139. The molecule has 2 N–H and O–H groups in total. The van der Waals surface area contributed by atoms with Crippen molar-refractivity contribution in [1.82, 2.24) is 0 Å². The van der Waals surface area contributed by atoms with Gasteiger partial charge in [0, 0.05) is 12.3 Å². The van der Waals surface area contributed by atoms with Gasteiger partial charge in [0.15, 0.2) is 0 Å². The molecule has 4 nitrogen and oxygen atoms in total. The maximum absolute atomic E-state index is 12.3. The van der Waals surface area contributed by atoms with Gasteiger partial charge in [0.05, 0.1) is 10.6 Å². The van der Waals surface area contributed by atoms with Crippen molar-refractivity contribution in [3.8, 4) is 11.8 Å². The molecule has 2 rings (SSSR count). The Morgan fingerprint density at radius 3 is 2.46 bits per heavy atom. The minimum absolute atomic E-state index is 0.0112. The SMILES string of the molecule is CC.CCC#Cc1cc(NC(=O)C2CCC(C)CC2)c(C(=O)O)s1. The second kappa shape index (κ2) is 10.1. The van der Waals surface area contributed by atoms with Gasteiger partial charge < -0.3 is 10.4 Å². The molecule has 0 radical (unpaired) electrons. The van der Waals surface area contributed by atoms with Gasteiger partial charge in [-0.2, -0.15) is 0 Å². The summed E-state index contributed by atoms with van der Waals surface area (Å²) in [7, 11) is 0. The van der Waals surface area contributed by atoms with Crippen LogP contribution in [0.4, 0.5) is 5.69 Å². The molecule has 1 aliphatic carbocycles. The van der Waals surface area contributed by atoms with E-state index >= 15 is 0 Å². The molecule has 0 aromatic carbocycles. The summed E-state index contributed by atoms with van der Waals surface area (Å²) in [5.41, 5.74) is 0.376. The number of hydrogen-bond acceptors (Lipinski definition) is 3. The van der Waals surface area contributed by atoms with E-state index in [9.17, 15) is 14.7 Å². The van der Waals surface area contributed by atoms with Gasteiger partial charge in [0.2, 0.25) is 5.91 Å². The Morgan fingerprint density at radius 1 is 1.29 bits per heavy atom. The highest BCUT2D eigenvalue weighted by Crippen LogP contribution is 2.31. The molecular formula is C19H27NO3S. The molecule has 1 fully saturated rings. The quantitative estimate of drug-likeness (QED) is 0.755. The predicted molar refractivity (Wildman–Crippen MR) is 99.5 cm³/mol. The number of rotatable bonds is 3. The molecule has 0 bridgehead atoms. The Morgan fingerprint density at radius 2 is 1.92 bits per heavy atom. The zero-order valence-electron chi connectivity index (χ0n) is 14.9. The maximum Gasteiger partial charge on any atom is 0.348 e. The fraction of sp³-hybridized carbons (Fsp3) is 0.579. The summed E-state index contributed by atoms with van der Waals surface area (Å²) in [6.45, 7) is 8.14. The summed E-state index contributed by atoms with van der Waals surface area (Å²) in [5.74, 6) is 5.41. The molecule has 0 aliphatic heterocycles. The number of nitrogens with one attached hydrogen (secondary N) is 1. The number of hydrogen-bond donors (Lipinski definition) is 2. The standard InChI is InChI=1S/C17H21NO3S.C2H6/c1-3-4-5-13-10-14(15(22-13)17(20)21)18-16(19)12-8-6-11(2)7-9-12;1-2/h10-12H,3,6-9H2,1-2H3,(H,18,19)(H,20,21);1-2H3. The first kappa shape index (κ1) is 20.2. The average Bonchev–Trinajstić information content (AvgIpc) is 2.98. The fourth-order valence-electron chi connectivity index (χ4n) is 2.64. The summed E-state index contributed by atoms with van der Waals surface area (Å²) < 4.78 is 0. The highest BCUT2D eigenvalue weighted by Gasteiger charge is 2.26. The predicted octanol–water partition coefficient (Wildman–Crippen LogP) is 5.00. The minimum Gasteiger partial charge on any atom is -0.477 e. The van der Waals surface area contributed by atoms with Gasteiger partial charge in [0.25, 0.3) is 0 Å². The number of carboxylic acid groups (broad SMARTS) is 1. The van der Waals surface area contributed by atoms with Crippen molar-refractivity contribution in [3.63, 3.8) is 0 Å². The van der Waals surface area contributed by atoms with E-state index in [1.165, 1.54) is 0 Å². The molecule has 1 aromatic heterocycles. The van der Waals surface area contributed by atoms with Gasteiger partial charge >= 0.3 is 5.97 Å². The Bertz CT molecular complexity index is 616. The highest BCUT2D eigenvalue weighted by atomic mass is 32.1. The van der Waals surface area contributed by atoms with Crippen LogP contribution in [0.25, 0.3) is 0 Å². The maximum atomic E-state index is 12.3. The van der Waals surface area contributed by atoms with Crippen LogP contribution in [0, 0.1) is 23.7 Å². The average molecular weight is 349 g/mol. The zero-order chi connectivity index (χ0) is 18.1. The van der Waals surface area contributed by atoms with E-state index < -0.39 is 5.97 Å². The Hall–Kier alpha value is -1.80. The minimum atomic E-state index is -1.03. The van der Waals surface area contributed by atoms with Crippen molar-refractivity contribution >= 4 is 28.9 Å². The van der Waals surface area contributed by atoms with E-state index in [-0.39, 0.29) is 16.7 Å². The van der Waals surface area contributed by atoms with E-state index in [0.29, 0.717) is 22.9 Å². The van der Waals surface area contributed by atoms with Crippen LogP contribution in [0.15, 0.2) is 6.07 Å².